The van der Waals surface area contributed by atoms with Crippen LogP contribution in [0.2, 0.25) is 0 Å². The average molecular weight is 309 g/mol. The molecule has 0 fully saturated rings. The Hall–Kier alpha value is -1.85. The van der Waals surface area contributed by atoms with Gasteiger partial charge in [0, 0.05) is 6.04 Å². The molecule has 118 valence electrons. The molecule has 2 N–H and O–H groups in total. The molecular formula is C17H18F3NO. The van der Waals surface area contributed by atoms with Gasteiger partial charge in [0.15, 0.2) is 6.10 Å². The fraction of sp³-hybridized carbons (Fsp3) is 0.294. The summed E-state index contributed by atoms with van der Waals surface area (Å²) < 4.78 is 38.8. The fourth-order valence-electron chi connectivity index (χ4n) is 2.33. The number of alkyl halides is 3. The van der Waals surface area contributed by atoms with E-state index in [1.165, 1.54) is 0 Å². The van der Waals surface area contributed by atoms with Crippen LogP contribution in [0, 0.1) is 0 Å². The number of aliphatic hydroxyl groups excluding tert-OH is 1. The first kappa shape index (κ1) is 16.5. The molecule has 0 bridgehead atoms. The first-order valence-electron chi connectivity index (χ1n) is 7.00. The van der Waals surface area contributed by atoms with Crippen LogP contribution >= 0.6 is 0 Å². The maximum Gasteiger partial charge on any atom is 0.416 e. The summed E-state index contributed by atoms with van der Waals surface area (Å²) in [5, 5.41) is 12.6. The lowest BCUT2D eigenvalue weighted by Crippen LogP contribution is -2.42. The average Bonchev–Trinajstić information content (AvgIpc) is 2.52. The summed E-state index contributed by atoms with van der Waals surface area (Å²) in [7, 11) is 0. The van der Waals surface area contributed by atoms with Gasteiger partial charge in [0.05, 0.1) is 6.04 Å². The Morgan fingerprint density at radius 2 is 1.32 bits per heavy atom. The first-order valence-corrected chi connectivity index (χ1v) is 7.00. The van der Waals surface area contributed by atoms with Crippen molar-refractivity contribution < 1.29 is 18.3 Å². The van der Waals surface area contributed by atoms with Crippen LogP contribution in [0.5, 0.6) is 0 Å². The van der Waals surface area contributed by atoms with Crippen molar-refractivity contribution in [3.05, 3.63) is 71.8 Å². The van der Waals surface area contributed by atoms with Crippen molar-refractivity contribution in [2.75, 3.05) is 0 Å². The summed E-state index contributed by atoms with van der Waals surface area (Å²) in [4.78, 5) is 0. The molecule has 0 unspecified atom stereocenters. The monoisotopic (exact) mass is 309 g/mol. The van der Waals surface area contributed by atoms with E-state index in [1.807, 2.05) is 30.3 Å². The van der Waals surface area contributed by atoms with Crippen LogP contribution in [0.15, 0.2) is 60.7 Å². The third-order valence-electron chi connectivity index (χ3n) is 3.54. The molecule has 2 aromatic rings. The number of hydrogen-bond donors (Lipinski definition) is 2. The van der Waals surface area contributed by atoms with Gasteiger partial charge in [-0.2, -0.15) is 13.2 Å². The lowest BCUT2D eigenvalue weighted by Gasteiger charge is -2.29. The molecule has 2 rings (SSSR count). The van der Waals surface area contributed by atoms with E-state index in [4.69, 9.17) is 0 Å². The van der Waals surface area contributed by atoms with Gasteiger partial charge in [0.25, 0.3) is 0 Å². The molecule has 0 amide bonds. The van der Waals surface area contributed by atoms with E-state index in [-0.39, 0.29) is 6.04 Å². The molecule has 3 atom stereocenters. The quantitative estimate of drug-likeness (QED) is 0.875. The van der Waals surface area contributed by atoms with Gasteiger partial charge < -0.3 is 10.4 Å². The van der Waals surface area contributed by atoms with Gasteiger partial charge in [0.1, 0.15) is 0 Å². The molecule has 2 aromatic carbocycles. The number of benzene rings is 2. The van der Waals surface area contributed by atoms with Gasteiger partial charge in [-0.3, -0.25) is 0 Å². The topological polar surface area (TPSA) is 32.3 Å². The van der Waals surface area contributed by atoms with Crippen LogP contribution in [0.25, 0.3) is 0 Å². The molecule has 0 spiro atoms. The zero-order chi connectivity index (χ0) is 16.2. The van der Waals surface area contributed by atoms with Crippen molar-refractivity contribution >= 4 is 0 Å². The van der Waals surface area contributed by atoms with Gasteiger partial charge in [0.2, 0.25) is 0 Å². The smallest absolute Gasteiger partial charge is 0.382 e. The van der Waals surface area contributed by atoms with Crippen molar-refractivity contribution in [2.24, 2.45) is 0 Å². The van der Waals surface area contributed by atoms with E-state index in [0.29, 0.717) is 5.56 Å². The second-order valence-corrected chi connectivity index (χ2v) is 5.17. The first-order chi connectivity index (χ1) is 10.4. The Kier molecular flexibility index (Phi) is 5.21. The van der Waals surface area contributed by atoms with Crippen molar-refractivity contribution in [3.8, 4) is 0 Å². The van der Waals surface area contributed by atoms with E-state index in [1.54, 1.807) is 37.3 Å². The fourth-order valence-corrected chi connectivity index (χ4v) is 2.33. The Morgan fingerprint density at radius 1 is 0.864 bits per heavy atom. The van der Waals surface area contributed by atoms with E-state index >= 15 is 0 Å². The molecule has 0 aliphatic rings. The van der Waals surface area contributed by atoms with Gasteiger partial charge in [-0.15, -0.1) is 0 Å². The normalized spacial score (nSPS) is 16.0. The number of hydrogen-bond acceptors (Lipinski definition) is 2. The Morgan fingerprint density at radius 3 is 1.77 bits per heavy atom. The summed E-state index contributed by atoms with van der Waals surface area (Å²) in [5.41, 5.74) is 1.26. The van der Waals surface area contributed by atoms with E-state index < -0.39 is 18.3 Å². The summed E-state index contributed by atoms with van der Waals surface area (Å²) in [5.74, 6) is 0. The molecule has 22 heavy (non-hydrogen) atoms. The third kappa shape index (κ3) is 4.08. The van der Waals surface area contributed by atoms with E-state index in [0.717, 1.165) is 5.56 Å². The number of aliphatic hydroxyl groups is 1. The molecule has 0 saturated heterocycles. The predicted octanol–water partition coefficient (Wildman–Crippen LogP) is 4.00. The van der Waals surface area contributed by atoms with Crippen LogP contribution in [0.1, 0.15) is 30.1 Å². The molecule has 2 nitrogen and oxygen atoms in total. The van der Waals surface area contributed by atoms with Crippen LogP contribution in [0.4, 0.5) is 13.2 Å². The zero-order valence-electron chi connectivity index (χ0n) is 12.1. The molecular weight excluding hydrogens is 291 g/mol. The highest BCUT2D eigenvalue weighted by Gasteiger charge is 2.44. The maximum atomic E-state index is 12.9. The van der Waals surface area contributed by atoms with E-state index in [2.05, 4.69) is 5.32 Å². The number of rotatable bonds is 5. The highest BCUT2D eigenvalue weighted by atomic mass is 19.4. The SMILES string of the molecule is C[C@@H](N[C@@H](c1ccccc1)[C@H](O)C(F)(F)F)c1ccccc1. The molecule has 0 aliphatic heterocycles. The lowest BCUT2D eigenvalue weighted by atomic mass is 9.98. The molecule has 0 aromatic heterocycles. The van der Waals surface area contributed by atoms with Crippen molar-refractivity contribution in [1.82, 2.24) is 5.32 Å². The molecule has 5 heteroatoms. The highest BCUT2D eigenvalue weighted by molar-refractivity contribution is 5.23. The Balaban J connectivity index is 2.25. The highest BCUT2D eigenvalue weighted by Crippen LogP contribution is 2.32. The summed E-state index contributed by atoms with van der Waals surface area (Å²) in [6.45, 7) is 1.77. The third-order valence-corrected chi connectivity index (χ3v) is 3.54. The van der Waals surface area contributed by atoms with E-state index in [9.17, 15) is 18.3 Å². The van der Waals surface area contributed by atoms with Gasteiger partial charge in [-0.1, -0.05) is 60.7 Å². The Bertz CT molecular complexity index is 571. The minimum absolute atomic E-state index is 0.330. The minimum atomic E-state index is -4.69. The van der Waals surface area contributed by atoms with Crippen molar-refractivity contribution in [2.45, 2.75) is 31.3 Å². The molecule has 0 heterocycles. The van der Waals surface area contributed by atoms with Crippen molar-refractivity contribution in [3.63, 3.8) is 0 Å². The van der Waals surface area contributed by atoms with Crippen LogP contribution in [-0.2, 0) is 0 Å². The Labute approximate surface area is 127 Å². The second-order valence-electron chi connectivity index (χ2n) is 5.17. The zero-order valence-corrected chi connectivity index (χ0v) is 12.1. The summed E-state index contributed by atoms with van der Waals surface area (Å²) in [6.07, 6.45) is -7.16. The van der Waals surface area contributed by atoms with Gasteiger partial charge in [-0.25, -0.2) is 0 Å². The summed E-state index contributed by atoms with van der Waals surface area (Å²) in [6, 6.07) is 15.8. The van der Waals surface area contributed by atoms with Crippen LogP contribution in [0.3, 0.4) is 0 Å². The molecule has 0 saturated carbocycles. The van der Waals surface area contributed by atoms with Crippen molar-refractivity contribution in [1.29, 1.82) is 0 Å². The summed E-state index contributed by atoms with van der Waals surface area (Å²) >= 11 is 0. The van der Waals surface area contributed by atoms with Crippen LogP contribution in [-0.4, -0.2) is 17.4 Å². The molecule has 0 aliphatic carbocycles. The minimum Gasteiger partial charge on any atom is -0.382 e. The van der Waals surface area contributed by atoms with Gasteiger partial charge >= 0.3 is 6.18 Å². The number of nitrogens with one attached hydrogen (secondary N) is 1. The standard InChI is InChI=1S/C17H18F3NO/c1-12(13-8-4-2-5-9-13)21-15(16(22)17(18,19)20)14-10-6-3-7-11-14/h2-12,15-16,21-22H,1H3/t12-,15+,16+/m1/s1. The second kappa shape index (κ2) is 6.94. The predicted molar refractivity (Wildman–Crippen MR) is 79.2 cm³/mol. The molecule has 0 radical (unpaired) electrons. The number of halogens is 3. The largest absolute Gasteiger partial charge is 0.416 e. The van der Waals surface area contributed by atoms with Crippen LogP contribution < -0.4 is 5.32 Å². The maximum absolute atomic E-state index is 12.9. The van der Waals surface area contributed by atoms with Gasteiger partial charge in [-0.05, 0) is 18.1 Å². The lowest BCUT2D eigenvalue weighted by molar-refractivity contribution is -0.213.